The van der Waals surface area contributed by atoms with Gasteiger partial charge in [-0.05, 0) is 24.3 Å². The minimum atomic E-state index is 0. The van der Waals surface area contributed by atoms with Gasteiger partial charge < -0.3 is 15.8 Å². The Bertz CT molecular complexity index is 382. The Balaban J connectivity index is 0.00000400. The molecule has 21 heavy (non-hydrogen) atoms. The Hall–Kier alpha value is -0.820. The van der Waals surface area contributed by atoms with E-state index in [9.17, 15) is 0 Å². The van der Waals surface area contributed by atoms with Gasteiger partial charge in [0.15, 0.2) is 5.96 Å². The lowest BCUT2D eigenvalue weighted by molar-refractivity contribution is 0.117. The topological polar surface area (TPSA) is 59.6 Å². The molecule has 3 N–H and O–H groups in total. The van der Waals surface area contributed by atoms with E-state index in [4.69, 9.17) is 10.5 Å². The quantitative estimate of drug-likeness (QED) is 0.287. The molecule has 0 aliphatic carbocycles. The molecule has 0 atom stereocenters. The minimum Gasteiger partial charge on any atom is -0.377 e. The first-order valence-electron chi connectivity index (χ1n) is 7.34. The largest absolute Gasteiger partial charge is 0.377 e. The van der Waals surface area contributed by atoms with E-state index in [1.54, 1.807) is 0 Å². The zero-order chi connectivity index (χ0) is 14.6. The summed E-state index contributed by atoms with van der Waals surface area (Å²) in [5.41, 5.74) is 6.96. The van der Waals surface area contributed by atoms with Gasteiger partial charge in [-0.15, -0.1) is 24.0 Å². The smallest absolute Gasteiger partial charge is 0.188 e. The zero-order valence-electron chi connectivity index (χ0n) is 13.0. The molecule has 0 heterocycles. The average molecular weight is 405 g/mol. The molecule has 0 aliphatic rings. The number of nitrogens with one attached hydrogen (secondary N) is 1. The monoisotopic (exact) mass is 405 g/mol. The van der Waals surface area contributed by atoms with E-state index in [0.717, 1.165) is 32.5 Å². The number of aliphatic imine (C=N–C) groups is 1. The number of hydrogen-bond acceptors (Lipinski definition) is 2. The van der Waals surface area contributed by atoms with Gasteiger partial charge in [-0.1, -0.05) is 44.2 Å². The molecule has 0 fully saturated rings. The molecule has 0 aromatic heterocycles. The van der Waals surface area contributed by atoms with Crippen LogP contribution in [-0.2, 0) is 11.3 Å². The Morgan fingerprint density at radius 1 is 1.24 bits per heavy atom. The molecule has 1 aromatic rings. The van der Waals surface area contributed by atoms with Gasteiger partial charge in [-0.25, -0.2) is 0 Å². The molecular formula is C16H28IN3O. The number of guanidine groups is 1. The van der Waals surface area contributed by atoms with E-state index < -0.39 is 0 Å². The van der Waals surface area contributed by atoms with Crippen molar-refractivity contribution in [2.24, 2.45) is 16.6 Å². The summed E-state index contributed by atoms with van der Waals surface area (Å²) in [6.07, 6.45) is 2.06. The Kier molecular flexibility index (Phi) is 12.4. The van der Waals surface area contributed by atoms with E-state index in [1.807, 2.05) is 18.2 Å². The highest BCUT2D eigenvalue weighted by atomic mass is 127. The Morgan fingerprint density at radius 3 is 2.62 bits per heavy atom. The number of halogens is 1. The number of nitrogens with zero attached hydrogens (tertiary/aromatic N) is 1. The second-order valence-electron chi connectivity index (χ2n) is 5.29. The maximum absolute atomic E-state index is 5.75. The number of benzene rings is 1. The number of ether oxygens (including phenoxy) is 1. The number of hydrogen-bond donors (Lipinski definition) is 2. The van der Waals surface area contributed by atoms with Gasteiger partial charge in [0.05, 0.1) is 6.61 Å². The van der Waals surface area contributed by atoms with Crippen LogP contribution in [0.2, 0.25) is 0 Å². The van der Waals surface area contributed by atoms with E-state index in [-0.39, 0.29) is 24.0 Å². The molecule has 0 spiro atoms. The number of nitrogens with two attached hydrogens (primary N) is 1. The fourth-order valence-electron chi connectivity index (χ4n) is 1.65. The SMILES string of the molecule is CC(C)CN=C(N)NCCCCOCc1ccccc1.I. The summed E-state index contributed by atoms with van der Waals surface area (Å²) in [5.74, 6) is 1.09. The van der Waals surface area contributed by atoms with Crippen LogP contribution < -0.4 is 11.1 Å². The lowest BCUT2D eigenvalue weighted by Crippen LogP contribution is -2.32. The normalized spacial score (nSPS) is 11.3. The highest BCUT2D eigenvalue weighted by molar-refractivity contribution is 14.0. The van der Waals surface area contributed by atoms with E-state index >= 15 is 0 Å². The van der Waals surface area contributed by atoms with Gasteiger partial charge in [0.1, 0.15) is 0 Å². The van der Waals surface area contributed by atoms with Crippen LogP contribution in [0.15, 0.2) is 35.3 Å². The second kappa shape index (κ2) is 12.9. The van der Waals surface area contributed by atoms with Crippen molar-refractivity contribution in [3.8, 4) is 0 Å². The molecule has 0 saturated carbocycles. The van der Waals surface area contributed by atoms with Gasteiger partial charge in [0.25, 0.3) is 0 Å². The molecule has 120 valence electrons. The third kappa shape index (κ3) is 11.5. The first-order chi connectivity index (χ1) is 9.68. The Morgan fingerprint density at radius 2 is 1.95 bits per heavy atom. The Labute approximate surface area is 145 Å². The molecule has 1 aromatic carbocycles. The van der Waals surface area contributed by atoms with Crippen LogP contribution >= 0.6 is 24.0 Å². The molecule has 5 heteroatoms. The molecule has 0 bridgehead atoms. The molecule has 0 amide bonds. The summed E-state index contributed by atoms with van der Waals surface area (Å²) in [6.45, 7) is 7.34. The van der Waals surface area contributed by atoms with Crippen molar-refractivity contribution in [3.63, 3.8) is 0 Å². The molecule has 1 rings (SSSR count). The molecular weight excluding hydrogens is 377 g/mol. The van der Waals surface area contributed by atoms with Crippen LogP contribution in [0.1, 0.15) is 32.3 Å². The van der Waals surface area contributed by atoms with Gasteiger partial charge in [-0.3, -0.25) is 4.99 Å². The van der Waals surface area contributed by atoms with E-state index in [2.05, 4.69) is 36.3 Å². The molecule has 4 nitrogen and oxygen atoms in total. The van der Waals surface area contributed by atoms with Gasteiger partial charge >= 0.3 is 0 Å². The number of rotatable bonds is 9. The second-order valence-corrected chi connectivity index (χ2v) is 5.29. The van der Waals surface area contributed by atoms with Crippen molar-refractivity contribution in [3.05, 3.63) is 35.9 Å². The summed E-state index contributed by atoms with van der Waals surface area (Å²) in [4.78, 5) is 4.25. The van der Waals surface area contributed by atoms with Gasteiger partial charge in [0.2, 0.25) is 0 Å². The van der Waals surface area contributed by atoms with Crippen LogP contribution in [0, 0.1) is 5.92 Å². The molecule has 0 aliphatic heterocycles. The van der Waals surface area contributed by atoms with Crippen LogP contribution in [-0.4, -0.2) is 25.7 Å². The summed E-state index contributed by atoms with van der Waals surface area (Å²) < 4.78 is 5.62. The molecule has 0 radical (unpaired) electrons. The predicted molar refractivity (Wildman–Crippen MR) is 100 cm³/mol. The maximum Gasteiger partial charge on any atom is 0.188 e. The van der Waals surface area contributed by atoms with E-state index in [1.165, 1.54) is 5.56 Å². The third-order valence-electron chi connectivity index (χ3n) is 2.76. The summed E-state index contributed by atoms with van der Waals surface area (Å²) in [5, 5.41) is 3.12. The van der Waals surface area contributed by atoms with Crippen LogP contribution in [0.5, 0.6) is 0 Å². The summed E-state index contributed by atoms with van der Waals surface area (Å²) in [6, 6.07) is 10.2. The van der Waals surface area contributed by atoms with Crippen LogP contribution in [0.3, 0.4) is 0 Å². The standard InChI is InChI=1S/C16H27N3O.HI/c1-14(2)12-19-16(17)18-10-6-7-11-20-13-15-8-4-3-5-9-15;/h3-5,8-9,14H,6-7,10-13H2,1-2H3,(H3,17,18,19);1H. The highest BCUT2D eigenvalue weighted by Crippen LogP contribution is 2.01. The van der Waals surface area contributed by atoms with Crippen LogP contribution in [0.4, 0.5) is 0 Å². The maximum atomic E-state index is 5.75. The lowest BCUT2D eigenvalue weighted by atomic mass is 10.2. The van der Waals surface area contributed by atoms with Crippen molar-refractivity contribution in [2.75, 3.05) is 19.7 Å². The van der Waals surface area contributed by atoms with E-state index in [0.29, 0.717) is 18.5 Å². The minimum absolute atomic E-state index is 0. The fourth-order valence-corrected chi connectivity index (χ4v) is 1.65. The molecule has 0 unspecified atom stereocenters. The highest BCUT2D eigenvalue weighted by Gasteiger charge is 1.95. The lowest BCUT2D eigenvalue weighted by Gasteiger charge is -2.07. The van der Waals surface area contributed by atoms with Gasteiger partial charge in [0, 0.05) is 19.7 Å². The average Bonchev–Trinajstić information content (AvgIpc) is 2.45. The molecule has 0 saturated heterocycles. The first-order valence-corrected chi connectivity index (χ1v) is 7.34. The third-order valence-corrected chi connectivity index (χ3v) is 2.76. The summed E-state index contributed by atoms with van der Waals surface area (Å²) in [7, 11) is 0. The fraction of sp³-hybridized carbons (Fsp3) is 0.562. The zero-order valence-corrected chi connectivity index (χ0v) is 15.4. The van der Waals surface area contributed by atoms with Crippen molar-refractivity contribution in [2.45, 2.75) is 33.3 Å². The van der Waals surface area contributed by atoms with Gasteiger partial charge in [-0.2, -0.15) is 0 Å². The van der Waals surface area contributed by atoms with Crippen molar-refractivity contribution >= 4 is 29.9 Å². The summed E-state index contributed by atoms with van der Waals surface area (Å²) >= 11 is 0. The van der Waals surface area contributed by atoms with Crippen molar-refractivity contribution < 1.29 is 4.74 Å². The van der Waals surface area contributed by atoms with Crippen LogP contribution in [0.25, 0.3) is 0 Å². The predicted octanol–water partition coefficient (Wildman–Crippen LogP) is 3.16. The van der Waals surface area contributed by atoms with Crippen molar-refractivity contribution in [1.82, 2.24) is 5.32 Å². The van der Waals surface area contributed by atoms with Crippen molar-refractivity contribution in [1.29, 1.82) is 0 Å². The number of unbranched alkanes of at least 4 members (excludes halogenated alkanes) is 1. The first kappa shape index (κ1) is 20.2.